The van der Waals surface area contributed by atoms with Gasteiger partial charge in [-0.3, -0.25) is 9.69 Å². The van der Waals surface area contributed by atoms with Crippen LogP contribution in [0.1, 0.15) is 23.2 Å². The molecule has 3 nitrogen and oxygen atoms in total. The number of likely N-dealkylation sites (N-methyl/N-ethyl adjacent to an activating group) is 1. The number of nitrogens with zero attached hydrogens (tertiary/aromatic N) is 2. The highest BCUT2D eigenvalue weighted by molar-refractivity contribution is 6.34. The summed E-state index contributed by atoms with van der Waals surface area (Å²) in [6, 6.07) is 7.83. The highest BCUT2D eigenvalue weighted by Crippen LogP contribution is 2.18. The van der Waals surface area contributed by atoms with Gasteiger partial charge in [0.15, 0.2) is 5.78 Å². The monoisotopic (exact) mass is 280 g/mol. The SMILES string of the molecule is CN(C)C1CCCN(CC(=O)c2ccccc2Cl)C1. The summed E-state index contributed by atoms with van der Waals surface area (Å²) < 4.78 is 0. The maximum atomic E-state index is 12.3. The van der Waals surface area contributed by atoms with Crippen molar-refractivity contribution in [1.82, 2.24) is 9.80 Å². The number of carbonyl (C=O) groups excluding carboxylic acids is 1. The molecule has 1 aliphatic heterocycles. The van der Waals surface area contributed by atoms with Gasteiger partial charge in [-0.2, -0.15) is 0 Å². The third-order valence-corrected chi connectivity index (χ3v) is 4.08. The molecule has 1 fully saturated rings. The minimum absolute atomic E-state index is 0.116. The smallest absolute Gasteiger partial charge is 0.178 e. The zero-order valence-electron chi connectivity index (χ0n) is 11.6. The summed E-state index contributed by atoms with van der Waals surface area (Å²) in [5.74, 6) is 0.116. The molecule has 0 amide bonds. The van der Waals surface area contributed by atoms with Crippen molar-refractivity contribution in [3.63, 3.8) is 0 Å². The molecule has 1 aliphatic rings. The molecule has 19 heavy (non-hydrogen) atoms. The average Bonchev–Trinajstić information content (AvgIpc) is 2.39. The van der Waals surface area contributed by atoms with Gasteiger partial charge in [-0.1, -0.05) is 23.7 Å². The van der Waals surface area contributed by atoms with E-state index < -0.39 is 0 Å². The van der Waals surface area contributed by atoms with Crippen molar-refractivity contribution in [2.24, 2.45) is 0 Å². The Morgan fingerprint density at radius 3 is 2.84 bits per heavy atom. The molecule has 1 aromatic rings. The Morgan fingerprint density at radius 1 is 1.42 bits per heavy atom. The van der Waals surface area contributed by atoms with Crippen molar-refractivity contribution in [1.29, 1.82) is 0 Å². The van der Waals surface area contributed by atoms with Crippen LogP contribution < -0.4 is 0 Å². The molecule has 0 aliphatic carbocycles. The van der Waals surface area contributed by atoms with Crippen LogP contribution in [0.3, 0.4) is 0 Å². The zero-order chi connectivity index (χ0) is 13.8. The third-order valence-electron chi connectivity index (χ3n) is 3.75. The van der Waals surface area contributed by atoms with Crippen LogP contribution in [0.15, 0.2) is 24.3 Å². The van der Waals surface area contributed by atoms with Crippen LogP contribution in [0.5, 0.6) is 0 Å². The lowest BCUT2D eigenvalue weighted by molar-refractivity contribution is 0.0852. The van der Waals surface area contributed by atoms with E-state index in [9.17, 15) is 4.79 Å². The van der Waals surface area contributed by atoms with Crippen LogP contribution in [-0.4, -0.2) is 55.4 Å². The van der Waals surface area contributed by atoms with E-state index in [1.165, 1.54) is 6.42 Å². The van der Waals surface area contributed by atoms with E-state index >= 15 is 0 Å². The predicted octanol–water partition coefficient (Wildman–Crippen LogP) is 2.55. The van der Waals surface area contributed by atoms with Crippen LogP contribution in [-0.2, 0) is 0 Å². The van der Waals surface area contributed by atoms with Gasteiger partial charge in [0.2, 0.25) is 0 Å². The second kappa shape index (κ2) is 6.51. The number of ketones is 1. The van der Waals surface area contributed by atoms with Crippen molar-refractivity contribution >= 4 is 17.4 Å². The first kappa shape index (κ1) is 14.5. The number of hydrogen-bond donors (Lipinski definition) is 0. The molecule has 1 aromatic carbocycles. The molecule has 1 unspecified atom stereocenters. The normalized spacial score (nSPS) is 20.7. The average molecular weight is 281 g/mol. The summed E-state index contributed by atoms with van der Waals surface area (Å²) in [7, 11) is 4.20. The van der Waals surface area contributed by atoms with Gasteiger partial charge in [0, 0.05) is 18.2 Å². The van der Waals surface area contributed by atoms with E-state index in [1.54, 1.807) is 12.1 Å². The van der Waals surface area contributed by atoms with E-state index in [-0.39, 0.29) is 5.78 Å². The summed E-state index contributed by atoms with van der Waals surface area (Å²) in [4.78, 5) is 16.7. The molecular weight excluding hydrogens is 260 g/mol. The van der Waals surface area contributed by atoms with Crippen molar-refractivity contribution in [2.75, 3.05) is 33.7 Å². The fourth-order valence-electron chi connectivity index (χ4n) is 2.57. The molecule has 0 N–H and O–H groups in total. The molecule has 0 saturated carbocycles. The number of likely N-dealkylation sites (tertiary alicyclic amines) is 1. The second-order valence-corrected chi connectivity index (χ2v) is 5.81. The van der Waals surface area contributed by atoms with Gasteiger partial charge in [0.05, 0.1) is 11.6 Å². The lowest BCUT2D eigenvalue weighted by atomic mass is 10.0. The van der Waals surface area contributed by atoms with Gasteiger partial charge in [-0.25, -0.2) is 0 Å². The Kier molecular flexibility index (Phi) is 4.97. The molecule has 4 heteroatoms. The Labute approximate surface area is 120 Å². The van der Waals surface area contributed by atoms with Crippen LogP contribution in [0, 0.1) is 0 Å². The number of rotatable bonds is 4. The highest BCUT2D eigenvalue weighted by atomic mass is 35.5. The Balaban J connectivity index is 1.97. The lowest BCUT2D eigenvalue weighted by Crippen LogP contribution is -2.46. The van der Waals surface area contributed by atoms with Gasteiger partial charge in [0.1, 0.15) is 0 Å². The maximum Gasteiger partial charge on any atom is 0.178 e. The van der Waals surface area contributed by atoms with Gasteiger partial charge < -0.3 is 4.90 Å². The minimum Gasteiger partial charge on any atom is -0.305 e. The van der Waals surface area contributed by atoms with Crippen LogP contribution in [0.2, 0.25) is 5.02 Å². The Bertz CT molecular complexity index is 448. The standard InChI is InChI=1S/C15H21ClN2O/c1-17(2)12-6-5-9-18(10-12)11-15(19)13-7-3-4-8-14(13)16/h3-4,7-8,12H,5-6,9-11H2,1-2H3. The number of halogens is 1. The number of piperidine rings is 1. The Hall–Kier alpha value is -0.900. The number of benzene rings is 1. The van der Waals surface area contributed by atoms with Crippen molar-refractivity contribution in [2.45, 2.75) is 18.9 Å². The van der Waals surface area contributed by atoms with Crippen molar-refractivity contribution in [3.05, 3.63) is 34.9 Å². The first-order valence-corrected chi connectivity index (χ1v) is 7.12. The summed E-state index contributed by atoms with van der Waals surface area (Å²) in [6.07, 6.45) is 2.36. The number of hydrogen-bond acceptors (Lipinski definition) is 3. The fraction of sp³-hybridized carbons (Fsp3) is 0.533. The fourth-order valence-corrected chi connectivity index (χ4v) is 2.81. The summed E-state index contributed by atoms with van der Waals surface area (Å²) in [5, 5.41) is 0.550. The molecule has 0 bridgehead atoms. The van der Waals surface area contributed by atoms with Gasteiger partial charge in [0.25, 0.3) is 0 Å². The zero-order valence-corrected chi connectivity index (χ0v) is 12.4. The molecular formula is C15H21ClN2O. The van der Waals surface area contributed by atoms with Crippen LogP contribution >= 0.6 is 11.6 Å². The van der Waals surface area contributed by atoms with Gasteiger partial charge in [-0.05, 0) is 45.6 Å². The van der Waals surface area contributed by atoms with E-state index in [1.807, 2.05) is 12.1 Å². The first-order chi connectivity index (χ1) is 9.08. The maximum absolute atomic E-state index is 12.3. The summed E-state index contributed by atoms with van der Waals surface area (Å²) >= 11 is 6.07. The Morgan fingerprint density at radius 2 is 2.16 bits per heavy atom. The third kappa shape index (κ3) is 3.78. The molecule has 104 valence electrons. The molecule has 0 aromatic heterocycles. The molecule has 1 saturated heterocycles. The number of Topliss-reactive ketones (excluding diaryl/α,β-unsaturated/α-hetero) is 1. The largest absolute Gasteiger partial charge is 0.305 e. The first-order valence-electron chi connectivity index (χ1n) is 6.74. The molecule has 1 atom stereocenters. The highest BCUT2D eigenvalue weighted by Gasteiger charge is 2.23. The molecule has 1 heterocycles. The van der Waals surface area contributed by atoms with E-state index in [0.717, 1.165) is 19.5 Å². The van der Waals surface area contributed by atoms with E-state index in [0.29, 0.717) is 23.2 Å². The van der Waals surface area contributed by atoms with Gasteiger partial charge in [-0.15, -0.1) is 0 Å². The topological polar surface area (TPSA) is 23.6 Å². The predicted molar refractivity (Wildman–Crippen MR) is 78.9 cm³/mol. The van der Waals surface area contributed by atoms with Crippen molar-refractivity contribution < 1.29 is 4.79 Å². The molecule has 0 spiro atoms. The van der Waals surface area contributed by atoms with E-state index in [2.05, 4.69) is 23.9 Å². The van der Waals surface area contributed by atoms with Crippen LogP contribution in [0.25, 0.3) is 0 Å². The van der Waals surface area contributed by atoms with Crippen LogP contribution in [0.4, 0.5) is 0 Å². The molecule has 0 radical (unpaired) electrons. The number of carbonyl (C=O) groups is 1. The minimum atomic E-state index is 0.116. The second-order valence-electron chi connectivity index (χ2n) is 5.40. The molecule has 2 rings (SSSR count). The van der Waals surface area contributed by atoms with E-state index in [4.69, 9.17) is 11.6 Å². The lowest BCUT2D eigenvalue weighted by Gasteiger charge is -2.35. The summed E-state index contributed by atoms with van der Waals surface area (Å²) in [6.45, 7) is 2.43. The summed E-state index contributed by atoms with van der Waals surface area (Å²) in [5.41, 5.74) is 0.635. The quantitative estimate of drug-likeness (QED) is 0.792. The van der Waals surface area contributed by atoms with Crippen molar-refractivity contribution in [3.8, 4) is 0 Å². The van der Waals surface area contributed by atoms with Gasteiger partial charge >= 0.3 is 0 Å².